The molecule has 0 bridgehead atoms. The van der Waals surface area contributed by atoms with Crippen LogP contribution >= 0.6 is 11.6 Å². The molecule has 1 atom stereocenters. The first-order valence-electron chi connectivity index (χ1n) is 6.39. The van der Waals surface area contributed by atoms with Gasteiger partial charge in [-0.1, -0.05) is 23.7 Å². The molecule has 0 spiro atoms. The van der Waals surface area contributed by atoms with Gasteiger partial charge in [-0.3, -0.25) is 0 Å². The summed E-state index contributed by atoms with van der Waals surface area (Å²) in [5, 5.41) is 14.8. The van der Waals surface area contributed by atoms with Crippen molar-refractivity contribution in [3.05, 3.63) is 64.7 Å². The zero-order chi connectivity index (χ0) is 16.1. The highest BCUT2D eigenvalue weighted by Gasteiger charge is 2.11. The molecule has 0 aliphatic rings. The van der Waals surface area contributed by atoms with Crippen LogP contribution in [0.25, 0.3) is 0 Å². The number of nitrogens with one attached hydrogen (secondary N) is 2. The average molecular weight is 327 g/mol. The van der Waals surface area contributed by atoms with Crippen molar-refractivity contribution < 1.29 is 18.7 Å². The lowest BCUT2D eigenvalue weighted by Crippen LogP contribution is -2.32. The van der Waals surface area contributed by atoms with Crippen molar-refractivity contribution in [2.24, 2.45) is 0 Å². The number of rotatable bonds is 4. The van der Waals surface area contributed by atoms with Crippen LogP contribution in [-0.2, 0) is 0 Å². The van der Waals surface area contributed by atoms with Crippen LogP contribution < -0.4 is 10.6 Å². The molecule has 0 saturated heterocycles. The zero-order valence-corrected chi connectivity index (χ0v) is 12.1. The summed E-state index contributed by atoms with van der Waals surface area (Å²) in [6, 6.07) is 8.25. The number of benzene rings is 2. The summed E-state index contributed by atoms with van der Waals surface area (Å²) in [6.07, 6.45) is -0.977. The average Bonchev–Trinajstić information content (AvgIpc) is 2.48. The van der Waals surface area contributed by atoms with Crippen molar-refractivity contribution in [1.82, 2.24) is 5.32 Å². The summed E-state index contributed by atoms with van der Waals surface area (Å²) in [5.41, 5.74) is 0.721. The van der Waals surface area contributed by atoms with E-state index in [1.165, 1.54) is 30.3 Å². The molecule has 3 N–H and O–H groups in total. The van der Waals surface area contributed by atoms with E-state index >= 15 is 0 Å². The van der Waals surface area contributed by atoms with E-state index in [1.54, 1.807) is 0 Å². The molecule has 2 aromatic carbocycles. The molecule has 0 saturated carbocycles. The number of hydrogen-bond acceptors (Lipinski definition) is 2. The van der Waals surface area contributed by atoms with Crippen molar-refractivity contribution in [3.8, 4) is 0 Å². The third-order valence-corrected chi connectivity index (χ3v) is 3.20. The summed E-state index contributed by atoms with van der Waals surface area (Å²) >= 11 is 5.78. The number of carbonyl (C=O) groups is 1. The summed E-state index contributed by atoms with van der Waals surface area (Å²) in [4.78, 5) is 11.7. The fourth-order valence-corrected chi connectivity index (χ4v) is 1.96. The van der Waals surface area contributed by atoms with Gasteiger partial charge in [-0.2, -0.15) is 0 Å². The Bertz CT molecular complexity index is 665. The maximum Gasteiger partial charge on any atom is 0.319 e. The Hall–Kier alpha value is -2.18. The smallest absolute Gasteiger partial charge is 0.319 e. The van der Waals surface area contributed by atoms with Crippen LogP contribution in [-0.4, -0.2) is 17.7 Å². The second-order valence-electron chi connectivity index (χ2n) is 4.53. The number of hydrogen-bond donors (Lipinski definition) is 3. The van der Waals surface area contributed by atoms with Crippen molar-refractivity contribution >= 4 is 23.3 Å². The number of aliphatic hydroxyl groups is 1. The number of amides is 2. The molecule has 22 heavy (non-hydrogen) atoms. The molecule has 4 nitrogen and oxygen atoms in total. The lowest BCUT2D eigenvalue weighted by atomic mass is 10.1. The summed E-state index contributed by atoms with van der Waals surface area (Å²) < 4.78 is 25.7. The molecular weight excluding hydrogens is 314 g/mol. The minimum atomic E-state index is -0.977. The normalized spacial score (nSPS) is 11.8. The minimum Gasteiger partial charge on any atom is -0.387 e. The Morgan fingerprint density at radius 2 is 1.77 bits per heavy atom. The predicted molar refractivity (Wildman–Crippen MR) is 79.8 cm³/mol. The topological polar surface area (TPSA) is 61.4 Å². The van der Waals surface area contributed by atoms with Crippen molar-refractivity contribution in [2.45, 2.75) is 6.10 Å². The van der Waals surface area contributed by atoms with Crippen molar-refractivity contribution in [1.29, 1.82) is 0 Å². The van der Waals surface area contributed by atoms with E-state index in [9.17, 15) is 18.7 Å². The Morgan fingerprint density at radius 3 is 2.41 bits per heavy atom. The maximum absolute atomic E-state index is 12.9. The molecule has 2 amide bonds. The molecule has 0 fully saturated rings. The van der Waals surface area contributed by atoms with E-state index in [1.807, 2.05) is 0 Å². The van der Waals surface area contributed by atoms with Gasteiger partial charge in [0, 0.05) is 6.54 Å². The van der Waals surface area contributed by atoms with E-state index in [0.29, 0.717) is 5.56 Å². The van der Waals surface area contributed by atoms with Gasteiger partial charge in [0.25, 0.3) is 0 Å². The third-order valence-electron chi connectivity index (χ3n) is 2.89. The zero-order valence-electron chi connectivity index (χ0n) is 11.3. The van der Waals surface area contributed by atoms with Gasteiger partial charge in [0.1, 0.15) is 11.6 Å². The summed E-state index contributed by atoms with van der Waals surface area (Å²) in [7, 11) is 0. The molecular formula is C15H13ClF2N2O2. The van der Waals surface area contributed by atoms with Gasteiger partial charge < -0.3 is 15.7 Å². The highest BCUT2D eigenvalue weighted by Crippen LogP contribution is 2.22. The predicted octanol–water partition coefficient (Wildman–Crippen LogP) is 3.47. The maximum atomic E-state index is 12.9. The highest BCUT2D eigenvalue weighted by atomic mass is 35.5. The van der Waals surface area contributed by atoms with Crippen LogP contribution in [0, 0.1) is 11.6 Å². The first-order valence-corrected chi connectivity index (χ1v) is 6.77. The lowest BCUT2D eigenvalue weighted by molar-refractivity contribution is 0.175. The second-order valence-corrected chi connectivity index (χ2v) is 4.93. The van der Waals surface area contributed by atoms with Gasteiger partial charge in [0.2, 0.25) is 0 Å². The van der Waals surface area contributed by atoms with E-state index in [4.69, 9.17) is 11.6 Å². The summed E-state index contributed by atoms with van der Waals surface area (Å²) in [5.74, 6) is -0.921. The largest absolute Gasteiger partial charge is 0.387 e. The van der Waals surface area contributed by atoms with E-state index in [0.717, 1.165) is 12.1 Å². The Kier molecular flexibility index (Phi) is 5.30. The van der Waals surface area contributed by atoms with Crippen LogP contribution in [0.4, 0.5) is 19.3 Å². The third kappa shape index (κ3) is 4.41. The van der Waals surface area contributed by atoms with Crippen LogP contribution in [0.1, 0.15) is 11.7 Å². The van der Waals surface area contributed by atoms with Crippen molar-refractivity contribution in [2.75, 3.05) is 11.9 Å². The molecule has 2 aromatic rings. The molecule has 0 aliphatic heterocycles. The highest BCUT2D eigenvalue weighted by molar-refractivity contribution is 6.33. The minimum absolute atomic E-state index is 0.0641. The molecule has 1 unspecified atom stereocenters. The molecule has 7 heteroatoms. The Labute approximate surface area is 130 Å². The Morgan fingerprint density at radius 1 is 1.14 bits per heavy atom. The van der Waals surface area contributed by atoms with Crippen LogP contribution in [0.5, 0.6) is 0 Å². The Balaban J connectivity index is 1.88. The number of urea groups is 1. The lowest BCUT2D eigenvalue weighted by Gasteiger charge is -2.13. The standard InChI is InChI=1S/C15H13ClF2N2O2/c16-12-7-11(18)5-6-13(12)20-15(22)19-8-14(21)9-1-3-10(17)4-2-9/h1-7,14,21H,8H2,(H2,19,20,22). The van der Waals surface area contributed by atoms with E-state index in [-0.39, 0.29) is 17.3 Å². The van der Waals surface area contributed by atoms with Gasteiger partial charge in [-0.25, -0.2) is 13.6 Å². The SMILES string of the molecule is O=C(NCC(O)c1ccc(F)cc1)Nc1ccc(F)cc1Cl. The van der Waals surface area contributed by atoms with E-state index < -0.39 is 23.8 Å². The fraction of sp³-hybridized carbons (Fsp3) is 0.133. The number of carbonyl (C=O) groups excluding carboxylic acids is 1. The number of anilines is 1. The van der Waals surface area contributed by atoms with Crippen LogP contribution in [0.15, 0.2) is 42.5 Å². The van der Waals surface area contributed by atoms with Gasteiger partial charge in [0.05, 0.1) is 16.8 Å². The molecule has 0 aromatic heterocycles. The molecule has 0 aliphatic carbocycles. The van der Waals surface area contributed by atoms with Gasteiger partial charge in [-0.05, 0) is 35.9 Å². The number of halogens is 3. The second kappa shape index (κ2) is 7.20. The van der Waals surface area contributed by atoms with Gasteiger partial charge >= 0.3 is 6.03 Å². The number of aliphatic hydroxyl groups excluding tert-OH is 1. The molecule has 2 rings (SSSR count). The first kappa shape index (κ1) is 16.2. The van der Waals surface area contributed by atoms with Gasteiger partial charge in [0.15, 0.2) is 0 Å². The molecule has 116 valence electrons. The first-order chi connectivity index (χ1) is 10.5. The van der Waals surface area contributed by atoms with Crippen LogP contribution in [0.2, 0.25) is 5.02 Å². The van der Waals surface area contributed by atoms with Crippen molar-refractivity contribution in [3.63, 3.8) is 0 Å². The molecule has 0 radical (unpaired) electrons. The quantitative estimate of drug-likeness (QED) is 0.805. The monoisotopic (exact) mass is 326 g/mol. The summed E-state index contributed by atoms with van der Waals surface area (Å²) in [6.45, 7) is -0.0731. The molecule has 0 heterocycles. The van der Waals surface area contributed by atoms with Gasteiger partial charge in [-0.15, -0.1) is 0 Å². The fourth-order valence-electron chi connectivity index (χ4n) is 1.75. The van der Waals surface area contributed by atoms with Crippen LogP contribution in [0.3, 0.4) is 0 Å². The van der Waals surface area contributed by atoms with E-state index in [2.05, 4.69) is 10.6 Å².